The molecule has 2 heterocycles. The minimum atomic E-state index is -0.649. The lowest BCUT2D eigenvalue weighted by atomic mass is 10.0. The largest absolute Gasteiger partial charge is 0.465 e. The standard InChI is InChI=1S/C18H18N4O4/c1-19-17(24)14(8-11-6-4-3-5-7-11)22-9-12-15(20-21-16(12)23)13(10-22)18(25)26-2/h3-7,9-10,14H,8H2,1-2H3,(H,19,24)(H,21,23). The number of aromatic nitrogens is 3. The first-order chi connectivity index (χ1) is 12.5. The van der Waals surface area contributed by atoms with Crippen molar-refractivity contribution in [2.24, 2.45) is 0 Å². The Balaban J connectivity index is 2.14. The fraction of sp³-hybridized carbons (Fsp3) is 0.222. The van der Waals surface area contributed by atoms with Crippen molar-refractivity contribution in [3.05, 3.63) is 64.2 Å². The molecule has 2 N–H and O–H groups in total. The lowest BCUT2D eigenvalue weighted by molar-refractivity contribution is -0.123. The van der Waals surface area contributed by atoms with Crippen molar-refractivity contribution in [3.63, 3.8) is 0 Å². The summed E-state index contributed by atoms with van der Waals surface area (Å²) in [5.74, 6) is -0.879. The number of methoxy groups -OCH3 is 1. The maximum atomic E-state index is 12.5. The average molecular weight is 354 g/mol. The highest BCUT2D eigenvalue weighted by atomic mass is 16.5. The maximum Gasteiger partial charge on any atom is 0.341 e. The highest BCUT2D eigenvalue weighted by Crippen LogP contribution is 2.24. The Kier molecular flexibility index (Phi) is 4.83. The van der Waals surface area contributed by atoms with Crippen LogP contribution in [-0.2, 0) is 16.0 Å². The van der Waals surface area contributed by atoms with Crippen LogP contribution in [0, 0.1) is 0 Å². The predicted octanol–water partition coefficient (Wildman–Crippen LogP) is 0.993. The summed E-state index contributed by atoms with van der Waals surface area (Å²) >= 11 is 0. The summed E-state index contributed by atoms with van der Waals surface area (Å²) in [6, 6.07) is 8.83. The van der Waals surface area contributed by atoms with Gasteiger partial charge in [0.15, 0.2) is 0 Å². The van der Waals surface area contributed by atoms with E-state index in [0.29, 0.717) is 6.42 Å². The summed E-state index contributed by atoms with van der Waals surface area (Å²) < 4.78 is 6.34. The van der Waals surface area contributed by atoms with E-state index >= 15 is 0 Å². The van der Waals surface area contributed by atoms with Crippen molar-refractivity contribution in [2.45, 2.75) is 12.5 Å². The van der Waals surface area contributed by atoms with Crippen molar-refractivity contribution < 1.29 is 14.3 Å². The molecule has 2 aliphatic heterocycles. The number of likely N-dealkylation sites (N-methyl/N-ethyl adjacent to an activating group) is 1. The topological polar surface area (TPSA) is 106 Å². The van der Waals surface area contributed by atoms with E-state index in [9.17, 15) is 14.4 Å². The molecule has 0 bridgehead atoms. The number of H-pyrrole nitrogens is 1. The smallest absolute Gasteiger partial charge is 0.341 e. The number of hydrogen-bond acceptors (Lipinski definition) is 5. The third-order valence-corrected chi connectivity index (χ3v) is 4.17. The molecule has 0 saturated carbocycles. The average Bonchev–Trinajstić information content (AvgIpc) is 3.06. The molecular weight excluding hydrogens is 336 g/mol. The minimum absolute atomic E-state index is 0.116. The molecule has 0 fully saturated rings. The second kappa shape index (κ2) is 7.22. The normalized spacial score (nSPS) is 11.9. The van der Waals surface area contributed by atoms with E-state index in [-0.39, 0.29) is 22.7 Å². The van der Waals surface area contributed by atoms with Gasteiger partial charge in [-0.05, 0) is 5.56 Å². The van der Waals surface area contributed by atoms with Gasteiger partial charge in [0.05, 0.1) is 12.7 Å². The van der Waals surface area contributed by atoms with E-state index in [0.717, 1.165) is 5.56 Å². The molecule has 2 aliphatic rings. The third kappa shape index (κ3) is 3.21. The summed E-state index contributed by atoms with van der Waals surface area (Å²) in [4.78, 5) is 36.6. The Bertz CT molecular complexity index is 961. The zero-order valence-corrected chi connectivity index (χ0v) is 14.4. The molecule has 0 saturated heterocycles. The predicted molar refractivity (Wildman–Crippen MR) is 94.1 cm³/mol. The second-order valence-electron chi connectivity index (χ2n) is 5.75. The molecule has 0 aliphatic carbocycles. The molecular formula is C18H18N4O4. The van der Waals surface area contributed by atoms with Crippen molar-refractivity contribution >= 4 is 11.9 Å². The van der Waals surface area contributed by atoms with Gasteiger partial charge in [0.25, 0.3) is 5.56 Å². The van der Waals surface area contributed by atoms with E-state index in [2.05, 4.69) is 15.5 Å². The van der Waals surface area contributed by atoms with Gasteiger partial charge in [-0.25, -0.2) is 9.89 Å². The van der Waals surface area contributed by atoms with Crippen molar-refractivity contribution in [1.82, 2.24) is 20.1 Å². The Morgan fingerprint density at radius 3 is 2.65 bits per heavy atom. The molecule has 8 heteroatoms. The molecule has 1 amide bonds. The van der Waals surface area contributed by atoms with Crippen LogP contribution in [0.5, 0.6) is 0 Å². The molecule has 8 nitrogen and oxygen atoms in total. The third-order valence-electron chi connectivity index (χ3n) is 4.17. The van der Waals surface area contributed by atoms with E-state index in [1.807, 2.05) is 30.3 Å². The van der Waals surface area contributed by atoms with Gasteiger partial charge in [0.1, 0.15) is 17.3 Å². The van der Waals surface area contributed by atoms with E-state index in [4.69, 9.17) is 4.74 Å². The Labute approximate surface area is 149 Å². The van der Waals surface area contributed by atoms with Gasteiger partial charge < -0.3 is 14.6 Å². The van der Waals surface area contributed by atoms with Gasteiger partial charge in [-0.15, -0.1) is 0 Å². The number of fused-ring (bicyclic) bond motifs is 1. The number of amides is 1. The van der Waals surface area contributed by atoms with Crippen LogP contribution in [0.2, 0.25) is 0 Å². The van der Waals surface area contributed by atoms with Crippen LogP contribution in [0.3, 0.4) is 0 Å². The molecule has 0 aromatic heterocycles. The van der Waals surface area contributed by atoms with Crippen molar-refractivity contribution in [3.8, 4) is 11.3 Å². The summed E-state index contributed by atoms with van der Waals surface area (Å²) in [6.07, 6.45) is 3.40. The molecule has 134 valence electrons. The molecule has 1 aromatic carbocycles. The number of carbonyl (C=O) groups is 2. The quantitative estimate of drug-likeness (QED) is 0.665. The van der Waals surface area contributed by atoms with Gasteiger partial charge >= 0.3 is 5.97 Å². The lowest BCUT2D eigenvalue weighted by Crippen LogP contribution is -2.32. The van der Waals surface area contributed by atoms with E-state index in [1.165, 1.54) is 26.6 Å². The Hall–Kier alpha value is -3.42. The molecule has 1 atom stereocenters. The number of rotatable bonds is 5. The second-order valence-corrected chi connectivity index (χ2v) is 5.75. The van der Waals surface area contributed by atoms with E-state index < -0.39 is 17.6 Å². The summed E-state index contributed by atoms with van der Waals surface area (Å²) in [6.45, 7) is 0. The number of pyridine rings is 1. The van der Waals surface area contributed by atoms with Gasteiger partial charge in [-0.3, -0.25) is 9.59 Å². The summed E-state index contributed by atoms with van der Waals surface area (Å²) in [5.41, 5.74) is 1.06. The molecule has 1 aromatic rings. The Morgan fingerprint density at radius 2 is 2.00 bits per heavy atom. The number of ether oxygens (including phenoxy) is 1. The summed E-state index contributed by atoms with van der Waals surface area (Å²) in [7, 11) is 2.79. The van der Waals surface area contributed by atoms with Crippen molar-refractivity contribution in [1.29, 1.82) is 0 Å². The number of nitrogens with zero attached hydrogens (tertiary/aromatic N) is 2. The number of benzene rings is 1. The van der Waals surface area contributed by atoms with Crippen LogP contribution in [0.4, 0.5) is 0 Å². The van der Waals surface area contributed by atoms with Crippen LogP contribution in [0.1, 0.15) is 22.0 Å². The van der Waals surface area contributed by atoms with Crippen LogP contribution in [-0.4, -0.2) is 40.8 Å². The number of aromatic amines is 1. The molecule has 0 spiro atoms. The first-order valence-corrected chi connectivity index (χ1v) is 7.99. The fourth-order valence-electron chi connectivity index (χ4n) is 2.83. The molecule has 1 unspecified atom stereocenters. The van der Waals surface area contributed by atoms with Crippen LogP contribution in [0.15, 0.2) is 47.5 Å². The van der Waals surface area contributed by atoms with Gasteiger partial charge in [-0.1, -0.05) is 30.3 Å². The minimum Gasteiger partial charge on any atom is -0.465 e. The first-order valence-electron chi connectivity index (χ1n) is 7.99. The number of nitrogens with one attached hydrogen (secondary N) is 2. The molecule has 26 heavy (non-hydrogen) atoms. The highest BCUT2D eigenvalue weighted by molar-refractivity contribution is 5.96. The molecule has 3 rings (SSSR count). The van der Waals surface area contributed by atoms with Crippen LogP contribution in [0.25, 0.3) is 11.3 Å². The highest BCUT2D eigenvalue weighted by Gasteiger charge is 2.26. The number of hydrogen-bond donors (Lipinski definition) is 2. The Morgan fingerprint density at radius 1 is 1.27 bits per heavy atom. The number of esters is 1. The molecule has 0 radical (unpaired) electrons. The summed E-state index contributed by atoms with van der Waals surface area (Å²) in [5, 5.41) is 8.84. The van der Waals surface area contributed by atoms with Gasteiger partial charge in [0.2, 0.25) is 5.91 Å². The zero-order chi connectivity index (χ0) is 18.7. The SMILES string of the molecule is CNC(=O)C(Cc1ccccc1)n1cc(C(=O)OC)c2n[nH]c(=O)c-2c1. The van der Waals surface area contributed by atoms with Crippen LogP contribution >= 0.6 is 0 Å². The number of carbonyl (C=O) groups excluding carboxylic acids is 2. The lowest BCUT2D eigenvalue weighted by Gasteiger charge is -2.21. The van der Waals surface area contributed by atoms with Crippen molar-refractivity contribution in [2.75, 3.05) is 14.2 Å². The van der Waals surface area contributed by atoms with Gasteiger partial charge in [0, 0.05) is 25.9 Å². The van der Waals surface area contributed by atoms with Gasteiger partial charge in [-0.2, -0.15) is 5.10 Å². The van der Waals surface area contributed by atoms with E-state index in [1.54, 1.807) is 4.57 Å². The maximum absolute atomic E-state index is 12.5. The van der Waals surface area contributed by atoms with Crippen LogP contribution < -0.4 is 10.9 Å². The fourth-order valence-corrected chi connectivity index (χ4v) is 2.83. The monoisotopic (exact) mass is 354 g/mol. The first kappa shape index (κ1) is 17.4. The zero-order valence-electron chi connectivity index (χ0n) is 14.4.